The van der Waals surface area contributed by atoms with Crippen molar-refractivity contribution >= 4 is 5.69 Å². The first-order chi connectivity index (χ1) is 17.8. The van der Waals surface area contributed by atoms with Crippen LogP contribution in [0.3, 0.4) is 0 Å². The number of rotatable bonds is 10. The minimum atomic E-state index is -1.22. The van der Waals surface area contributed by atoms with E-state index in [2.05, 4.69) is 15.2 Å². The highest BCUT2D eigenvalue weighted by molar-refractivity contribution is 5.57. The Morgan fingerprint density at radius 1 is 1.05 bits per heavy atom. The third kappa shape index (κ3) is 6.25. The quantitative estimate of drug-likeness (QED) is 0.366. The van der Waals surface area contributed by atoms with Crippen LogP contribution < -0.4 is 9.64 Å². The molecule has 200 valence electrons. The Hall–Kier alpha value is -3.09. The number of aliphatic hydroxyl groups excluding tert-OH is 3. The van der Waals surface area contributed by atoms with Crippen molar-refractivity contribution in [1.29, 1.82) is 0 Å². The summed E-state index contributed by atoms with van der Waals surface area (Å²) < 4.78 is 26.1. The van der Waals surface area contributed by atoms with Gasteiger partial charge in [-0.15, -0.1) is 5.10 Å². The molecule has 11 heteroatoms. The Kier molecular flexibility index (Phi) is 8.72. The summed E-state index contributed by atoms with van der Waals surface area (Å²) in [4.78, 5) is 4.14. The van der Waals surface area contributed by atoms with Gasteiger partial charge in [-0.05, 0) is 43.4 Å². The first-order valence-corrected chi connectivity index (χ1v) is 12.1. The number of likely N-dealkylation sites (N-methyl/N-ethyl adjacent to an activating group) is 2. The number of ether oxygens (including phenoxy) is 2. The predicted octanol–water partition coefficient (Wildman–Crippen LogP) is 1.18. The lowest BCUT2D eigenvalue weighted by molar-refractivity contribution is -0.208. The Labute approximate surface area is 215 Å². The van der Waals surface area contributed by atoms with Crippen LogP contribution in [-0.2, 0) is 4.74 Å². The number of hydrogen-bond acceptors (Lipinski definition) is 9. The molecule has 1 fully saturated rings. The first kappa shape index (κ1) is 27.0. The molecule has 0 radical (unpaired) electrons. The van der Waals surface area contributed by atoms with Crippen LogP contribution in [0.4, 0.5) is 10.1 Å². The van der Waals surface area contributed by atoms with Crippen LogP contribution in [0.1, 0.15) is 6.04 Å². The minimum absolute atomic E-state index is 0.364. The number of halogens is 1. The molecule has 3 N–H and O–H groups in total. The second-order valence-corrected chi connectivity index (χ2v) is 9.34. The lowest BCUT2D eigenvalue weighted by atomic mass is 9.92. The summed E-state index contributed by atoms with van der Waals surface area (Å²) >= 11 is 0. The summed E-state index contributed by atoms with van der Waals surface area (Å²) in [5.74, 6) is 0.391. The smallest absolute Gasteiger partial charge is 0.123 e. The lowest BCUT2D eigenvalue weighted by Crippen LogP contribution is -2.58. The van der Waals surface area contributed by atoms with Crippen molar-refractivity contribution < 1.29 is 29.2 Å². The monoisotopic (exact) mass is 515 g/mol. The van der Waals surface area contributed by atoms with E-state index < -0.39 is 42.9 Å². The second kappa shape index (κ2) is 12.0. The molecule has 1 aliphatic rings. The van der Waals surface area contributed by atoms with E-state index in [-0.39, 0.29) is 0 Å². The average Bonchev–Trinajstić information content (AvgIpc) is 3.39. The molecule has 0 bridgehead atoms. The fourth-order valence-electron chi connectivity index (χ4n) is 4.53. The number of benzene rings is 2. The van der Waals surface area contributed by atoms with Crippen molar-refractivity contribution in [2.24, 2.45) is 0 Å². The van der Waals surface area contributed by atoms with Gasteiger partial charge in [0.15, 0.2) is 0 Å². The second-order valence-electron chi connectivity index (χ2n) is 9.34. The SMILES string of the molecule is COc1ccc(N(C)CCN(C)C[C@@H]2O[C@H](CO)[C@H](O)[C@H](n3cc(-c4cccc(F)c4)nn3)[C@H]2O)cc1. The molecular formula is C26H34FN5O5. The van der Waals surface area contributed by atoms with Crippen molar-refractivity contribution in [1.82, 2.24) is 19.9 Å². The maximum Gasteiger partial charge on any atom is 0.123 e. The van der Waals surface area contributed by atoms with Crippen LogP contribution >= 0.6 is 0 Å². The molecular weight excluding hydrogens is 481 g/mol. The van der Waals surface area contributed by atoms with Crippen molar-refractivity contribution in [3.05, 3.63) is 60.5 Å². The Balaban J connectivity index is 1.42. The minimum Gasteiger partial charge on any atom is -0.497 e. The zero-order valence-corrected chi connectivity index (χ0v) is 21.2. The van der Waals surface area contributed by atoms with Crippen molar-refractivity contribution in [2.75, 3.05) is 52.3 Å². The molecule has 0 amide bonds. The fraction of sp³-hybridized carbons (Fsp3) is 0.462. The molecule has 37 heavy (non-hydrogen) atoms. The van der Waals surface area contributed by atoms with Gasteiger partial charge in [0.1, 0.15) is 41.6 Å². The van der Waals surface area contributed by atoms with Crippen LogP contribution in [0.25, 0.3) is 11.3 Å². The number of methoxy groups -OCH3 is 1. The Morgan fingerprint density at radius 3 is 2.46 bits per heavy atom. The third-order valence-corrected chi connectivity index (χ3v) is 6.75. The summed E-state index contributed by atoms with van der Waals surface area (Å²) in [5.41, 5.74) is 1.98. The van der Waals surface area contributed by atoms with Crippen molar-refractivity contribution in [2.45, 2.75) is 30.5 Å². The standard InChI is InChI=1S/C26H34FN5O5/c1-30(11-12-31(2)19-7-9-20(36-3)10-8-19)15-22-25(34)24(26(35)23(16-33)37-22)32-14-21(28-29-32)17-5-4-6-18(27)13-17/h4-10,13-14,22-26,33-35H,11-12,15-16H2,1-3H3/t22-,23+,24+,25-,26-/m0/s1. The van der Waals surface area contributed by atoms with Gasteiger partial charge in [0.2, 0.25) is 0 Å². The van der Waals surface area contributed by atoms with Gasteiger partial charge in [0, 0.05) is 37.9 Å². The van der Waals surface area contributed by atoms with Crippen LogP contribution in [0, 0.1) is 5.82 Å². The largest absolute Gasteiger partial charge is 0.497 e. The number of hydrogen-bond donors (Lipinski definition) is 3. The van der Waals surface area contributed by atoms with Gasteiger partial charge in [-0.25, -0.2) is 9.07 Å². The van der Waals surface area contributed by atoms with Crippen molar-refractivity contribution in [3.8, 4) is 17.0 Å². The summed E-state index contributed by atoms with van der Waals surface area (Å²) in [5, 5.41) is 40.0. The Morgan fingerprint density at radius 2 is 1.78 bits per heavy atom. The van der Waals surface area contributed by atoms with E-state index >= 15 is 0 Å². The number of aliphatic hydroxyl groups is 3. The molecule has 4 rings (SSSR count). The number of anilines is 1. The first-order valence-electron chi connectivity index (χ1n) is 12.1. The molecule has 2 aromatic carbocycles. The number of nitrogens with zero attached hydrogens (tertiary/aromatic N) is 5. The van der Waals surface area contributed by atoms with Crippen molar-refractivity contribution in [3.63, 3.8) is 0 Å². The summed E-state index contributed by atoms with van der Waals surface area (Å²) in [6.07, 6.45) is -2.39. The van der Waals surface area contributed by atoms with Gasteiger partial charge in [0.05, 0.1) is 26.0 Å². The molecule has 2 heterocycles. The fourth-order valence-corrected chi connectivity index (χ4v) is 4.53. The zero-order valence-electron chi connectivity index (χ0n) is 21.2. The number of aromatic nitrogens is 3. The van der Waals surface area contributed by atoms with E-state index in [1.807, 2.05) is 43.3 Å². The van der Waals surface area contributed by atoms with Crippen LogP contribution in [0.2, 0.25) is 0 Å². The third-order valence-electron chi connectivity index (χ3n) is 6.75. The summed E-state index contributed by atoms with van der Waals surface area (Å²) in [6, 6.07) is 12.8. The average molecular weight is 516 g/mol. The normalized spacial score (nSPS) is 23.8. The van der Waals surface area contributed by atoms with Crippen LogP contribution in [0.5, 0.6) is 5.75 Å². The molecule has 5 atom stereocenters. The summed E-state index contributed by atoms with van der Waals surface area (Å²) in [6.45, 7) is 1.35. The highest BCUT2D eigenvalue weighted by Gasteiger charge is 2.46. The molecule has 3 aromatic rings. The van der Waals surface area contributed by atoms with Gasteiger partial charge in [-0.2, -0.15) is 0 Å². The van der Waals surface area contributed by atoms with E-state index in [4.69, 9.17) is 9.47 Å². The van der Waals surface area contributed by atoms with Gasteiger partial charge in [0.25, 0.3) is 0 Å². The van der Waals surface area contributed by atoms with Gasteiger partial charge in [-0.3, -0.25) is 0 Å². The van der Waals surface area contributed by atoms with E-state index in [0.717, 1.165) is 18.0 Å². The Bertz CT molecular complexity index is 1150. The molecule has 1 saturated heterocycles. The molecule has 1 aliphatic heterocycles. The molecule has 0 aliphatic carbocycles. The molecule has 1 aromatic heterocycles. The maximum atomic E-state index is 13.7. The van der Waals surface area contributed by atoms with Crippen LogP contribution in [-0.4, -0.2) is 107 Å². The molecule has 0 unspecified atom stereocenters. The van der Waals surface area contributed by atoms with E-state index in [1.165, 1.54) is 16.8 Å². The highest BCUT2D eigenvalue weighted by atomic mass is 19.1. The zero-order chi connectivity index (χ0) is 26.5. The topological polar surface area (TPSA) is 116 Å². The highest BCUT2D eigenvalue weighted by Crippen LogP contribution is 2.31. The van der Waals surface area contributed by atoms with Crippen LogP contribution in [0.15, 0.2) is 54.7 Å². The summed E-state index contributed by atoms with van der Waals surface area (Å²) in [7, 11) is 5.55. The van der Waals surface area contributed by atoms with Gasteiger partial charge >= 0.3 is 0 Å². The maximum absolute atomic E-state index is 13.7. The van der Waals surface area contributed by atoms with E-state index in [1.54, 1.807) is 25.4 Å². The molecule has 0 saturated carbocycles. The molecule has 10 nitrogen and oxygen atoms in total. The lowest BCUT2D eigenvalue weighted by Gasteiger charge is -2.43. The molecule has 0 spiro atoms. The van der Waals surface area contributed by atoms with Gasteiger partial charge < -0.3 is 34.6 Å². The van der Waals surface area contributed by atoms with Gasteiger partial charge in [-0.1, -0.05) is 17.3 Å². The van der Waals surface area contributed by atoms with E-state index in [9.17, 15) is 19.7 Å². The van der Waals surface area contributed by atoms with E-state index in [0.29, 0.717) is 24.3 Å². The predicted molar refractivity (Wildman–Crippen MR) is 136 cm³/mol.